The highest BCUT2D eigenvalue weighted by atomic mass is 79.9. The molecule has 16 heavy (non-hydrogen) atoms. The molecule has 0 aliphatic carbocycles. The number of hydrogen-bond acceptors (Lipinski definition) is 4. The van der Waals surface area contributed by atoms with E-state index in [0.29, 0.717) is 23.3 Å². The van der Waals surface area contributed by atoms with E-state index in [9.17, 15) is 10.1 Å². The summed E-state index contributed by atoms with van der Waals surface area (Å²) in [6.07, 6.45) is 1.99. The van der Waals surface area contributed by atoms with Crippen molar-refractivity contribution in [2.45, 2.75) is 12.8 Å². The first-order valence-electron chi connectivity index (χ1n) is 5.03. The maximum Gasteiger partial charge on any atom is 0.295 e. The Kier molecular flexibility index (Phi) is 3.40. The van der Waals surface area contributed by atoms with Gasteiger partial charge in [-0.1, -0.05) is 15.9 Å². The van der Waals surface area contributed by atoms with E-state index in [0.717, 1.165) is 12.8 Å². The van der Waals surface area contributed by atoms with Gasteiger partial charge in [0, 0.05) is 17.1 Å². The van der Waals surface area contributed by atoms with Gasteiger partial charge in [-0.3, -0.25) is 15.0 Å². The molecule has 1 saturated heterocycles. The second-order valence-electron chi connectivity index (χ2n) is 3.53. The van der Waals surface area contributed by atoms with Gasteiger partial charge in [0.15, 0.2) is 0 Å². The van der Waals surface area contributed by atoms with Crippen molar-refractivity contribution in [2.24, 2.45) is 0 Å². The summed E-state index contributed by atoms with van der Waals surface area (Å²) < 4.78 is 0.694. The molecule has 6 heteroatoms. The van der Waals surface area contributed by atoms with E-state index >= 15 is 0 Å². The van der Waals surface area contributed by atoms with Crippen LogP contribution in [0.1, 0.15) is 12.8 Å². The van der Waals surface area contributed by atoms with Crippen LogP contribution in [0, 0.1) is 10.1 Å². The summed E-state index contributed by atoms with van der Waals surface area (Å²) in [4.78, 5) is 15.9. The lowest BCUT2D eigenvalue weighted by molar-refractivity contribution is -0.384. The van der Waals surface area contributed by atoms with Crippen molar-refractivity contribution in [2.75, 3.05) is 18.2 Å². The third kappa shape index (κ3) is 2.33. The SMILES string of the molecule is O=[N+]([O-])c1cc(Br)ccc1N1CCCCO1. The van der Waals surface area contributed by atoms with Gasteiger partial charge in [-0.15, -0.1) is 0 Å². The van der Waals surface area contributed by atoms with E-state index in [-0.39, 0.29) is 5.69 Å². The number of hydroxylamine groups is 1. The number of rotatable bonds is 2. The number of nitro benzene ring substituents is 1. The summed E-state index contributed by atoms with van der Waals surface area (Å²) in [6.45, 7) is 1.32. The van der Waals surface area contributed by atoms with Gasteiger partial charge in [0.2, 0.25) is 0 Å². The van der Waals surface area contributed by atoms with Crippen LogP contribution in [0.3, 0.4) is 0 Å². The number of benzene rings is 1. The standard InChI is InChI=1S/C10H11BrN2O3/c11-8-3-4-9(10(7-8)13(14)15)12-5-1-2-6-16-12/h3-4,7H,1-2,5-6H2. The van der Waals surface area contributed by atoms with Crippen LogP contribution in [-0.4, -0.2) is 18.1 Å². The molecule has 86 valence electrons. The molecule has 1 heterocycles. The van der Waals surface area contributed by atoms with Gasteiger partial charge in [0.1, 0.15) is 5.69 Å². The lowest BCUT2D eigenvalue weighted by Gasteiger charge is -2.27. The highest BCUT2D eigenvalue weighted by molar-refractivity contribution is 9.10. The van der Waals surface area contributed by atoms with Crippen LogP contribution in [0.25, 0.3) is 0 Å². The van der Waals surface area contributed by atoms with Crippen molar-refractivity contribution < 1.29 is 9.76 Å². The predicted octanol–water partition coefficient (Wildman–Crippen LogP) is 2.89. The molecular weight excluding hydrogens is 276 g/mol. The first-order chi connectivity index (χ1) is 7.68. The van der Waals surface area contributed by atoms with Gasteiger partial charge in [-0.2, -0.15) is 0 Å². The number of anilines is 1. The molecule has 0 unspecified atom stereocenters. The molecule has 0 spiro atoms. The second-order valence-corrected chi connectivity index (χ2v) is 4.45. The molecule has 2 rings (SSSR count). The zero-order chi connectivity index (χ0) is 11.5. The molecule has 1 aliphatic rings. The van der Waals surface area contributed by atoms with Crippen LogP contribution in [0.2, 0.25) is 0 Å². The molecule has 0 radical (unpaired) electrons. The molecule has 0 saturated carbocycles. The molecule has 1 aliphatic heterocycles. The number of nitro groups is 1. The summed E-state index contributed by atoms with van der Waals surface area (Å²) in [7, 11) is 0. The Labute approximate surface area is 101 Å². The summed E-state index contributed by atoms with van der Waals surface area (Å²) in [6, 6.07) is 4.97. The summed E-state index contributed by atoms with van der Waals surface area (Å²) >= 11 is 3.22. The third-order valence-corrected chi connectivity index (χ3v) is 2.90. The fourth-order valence-corrected chi connectivity index (χ4v) is 1.99. The fourth-order valence-electron chi connectivity index (χ4n) is 1.64. The number of hydrogen-bond donors (Lipinski definition) is 0. The van der Waals surface area contributed by atoms with Gasteiger partial charge in [-0.25, -0.2) is 5.06 Å². The molecule has 1 aromatic rings. The molecule has 0 N–H and O–H groups in total. The minimum Gasteiger partial charge on any atom is -0.273 e. The van der Waals surface area contributed by atoms with Gasteiger partial charge < -0.3 is 0 Å². The number of nitrogens with zero attached hydrogens (tertiary/aromatic N) is 2. The average Bonchev–Trinajstić information content (AvgIpc) is 2.30. The summed E-state index contributed by atoms with van der Waals surface area (Å²) in [5, 5.41) is 12.5. The smallest absolute Gasteiger partial charge is 0.273 e. The van der Waals surface area contributed by atoms with Crippen LogP contribution in [0.15, 0.2) is 22.7 Å². The Morgan fingerprint density at radius 1 is 1.44 bits per heavy atom. The Bertz CT molecular complexity index is 405. The van der Waals surface area contributed by atoms with Crippen LogP contribution in [0.4, 0.5) is 11.4 Å². The topological polar surface area (TPSA) is 55.6 Å². The van der Waals surface area contributed by atoms with E-state index < -0.39 is 4.92 Å². The highest BCUT2D eigenvalue weighted by Crippen LogP contribution is 2.32. The quantitative estimate of drug-likeness (QED) is 0.620. The first-order valence-corrected chi connectivity index (χ1v) is 5.82. The normalized spacial score (nSPS) is 16.2. The molecule has 0 amide bonds. The second kappa shape index (κ2) is 4.80. The summed E-state index contributed by atoms with van der Waals surface area (Å²) in [5.41, 5.74) is 0.587. The molecule has 0 aromatic heterocycles. The zero-order valence-electron chi connectivity index (χ0n) is 8.56. The van der Waals surface area contributed by atoms with Crippen LogP contribution >= 0.6 is 15.9 Å². The van der Waals surface area contributed by atoms with Gasteiger partial charge >= 0.3 is 0 Å². The van der Waals surface area contributed by atoms with Crippen LogP contribution in [-0.2, 0) is 4.84 Å². The van der Waals surface area contributed by atoms with Crippen molar-refractivity contribution in [3.05, 3.63) is 32.8 Å². The van der Waals surface area contributed by atoms with Gasteiger partial charge in [0.25, 0.3) is 5.69 Å². The largest absolute Gasteiger partial charge is 0.295 e. The van der Waals surface area contributed by atoms with Gasteiger partial charge in [0.05, 0.1) is 11.5 Å². The monoisotopic (exact) mass is 286 g/mol. The van der Waals surface area contributed by atoms with Crippen molar-refractivity contribution in [3.63, 3.8) is 0 Å². The first kappa shape index (κ1) is 11.3. The van der Waals surface area contributed by atoms with Crippen LogP contribution < -0.4 is 5.06 Å². The minimum absolute atomic E-state index is 0.0660. The molecule has 0 atom stereocenters. The molecule has 1 aromatic carbocycles. The highest BCUT2D eigenvalue weighted by Gasteiger charge is 2.22. The minimum atomic E-state index is -0.391. The van der Waals surface area contributed by atoms with E-state index in [2.05, 4.69) is 15.9 Å². The predicted molar refractivity (Wildman–Crippen MR) is 63.3 cm³/mol. The van der Waals surface area contributed by atoms with Crippen LogP contribution in [0.5, 0.6) is 0 Å². The van der Waals surface area contributed by atoms with Crippen molar-refractivity contribution >= 4 is 27.3 Å². The summed E-state index contributed by atoms with van der Waals surface area (Å²) in [5.74, 6) is 0. The van der Waals surface area contributed by atoms with Crippen molar-refractivity contribution in [1.29, 1.82) is 0 Å². The number of halogens is 1. The Morgan fingerprint density at radius 2 is 2.25 bits per heavy atom. The molecule has 5 nitrogen and oxygen atoms in total. The van der Waals surface area contributed by atoms with Gasteiger partial charge in [-0.05, 0) is 25.0 Å². The third-order valence-electron chi connectivity index (χ3n) is 2.41. The van der Waals surface area contributed by atoms with E-state index in [1.807, 2.05) is 0 Å². The lowest BCUT2D eigenvalue weighted by Crippen LogP contribution is -2.30. The average molecular weight is 287 g/mol. The maximum atomic E-state index is 10.9. The molecule has 0 bridgehead atoms. The zero-order valence-corrected chi connectivity index (χ0v) is 10.1. The van der Waals surface area contributed by atoms with Crippen molar-refractivity contribution in [1.82, 2.24) is 0 Å². The van der Waals surface area contributed by atoms with E-state index in [1.54, 1.807) is 17.2 Å². The fraction of sp³-hybridized carbons (Fsp3) is 0.400. The molecular formula is C10H11BrN2O3. The van der Waals surface area contributed by atoms with Crippen molar-refractivity contribution in [3.8, 4) is 0 Å². The Morgan fingerprint density at radius 3 is 2.88 bits per heavy atom. The maximum absolute atomic E-state index is 10.9. The molecule has 1 fully saturated rings. The Hall–Kier alpha value is -1.14. The lowest BCUT2D eigenvalue weighted by atomic mass is 10.2. The van der Waals surface area contributed by atoms with E-state index in [1.165, 1.54) is 6.07 Å². The Balaban J connectivity index is 2.34. The van der Waals surface area contributed by atoms with E-state index in [4.69, 9.17) is 4.84 Å².